The zero-order valence-electron chi connectivity index (χ0n) is 11.9. The maximum atomic E-state index is 9.22. The number of aryl methyl sites for hydroxylation is 2. The topological polar surface area (TPSA) is 72.1 Å². The van der Waals surface area contributed by atoms with Crippen molar-refractivity contribution in [3.05, 3.63) is 29.5 Å². The summed E-state index contributed by atoms with van der Waals surface area (Å²) in [5, 5.41) is 16.6. The first kappa shape index (κ1) is 13.7. The number of aromatic nitrogens is 2. The van der Waals surface area contributed by atoms with Crippen molar-refractivity contribution in [2.45, 2.75) is 6.92 Å². The first-order chi connectivity index (χ1) is 9.60. The number of rotatable bonds is 4. The van der Waals surface area contributed by atoms with Crippen LogP contribution in [-0.2, 0) is 7.05 Å². The van der Waals surface area contributed by atoms with Crippen LogP contribution in [0.1, 0.15) is 11.3 Å². The lowest BCUT2D eigenvalue weighted by atomic mass is 10.2. The molecule has 6 heteroatoms. The molecule has 1 N–H and O–H groups in total. The third kappa shape index (κ3) is 2.38. The maximum Gasteiger partial charge on any atom is 0.146 e. The van der Waals surface area contributed by atoms with Gasteiger partial charge in [-0.1, -0.05) is 0 Å². The van der Waals surface area contributed by atoms with Crippen molar-refractivity contribution in [1.29, 1.82) is 5.26 Å². The normalized spacial score (nSPS) is 9.95. The molecular weight excluding hydrogens is 256 g/mol. The van der Waals surface area contributed by atoms with Crippen LogP contribution < -0.4 is 14.8 Å². The first-order valence-electron chi connectivity index (χ1n) is 6.03. The lowest BCUT2D eigenvalue weighted by molar-refractivity contribution is 0.404. The lowest BCUT2D eigenvalue weighted by Crippen LogP contribution is -2.02. The van der Waals surface area contributed by atoms with Crippen LogP contribution in [0.3, 0.4) is 0 Å². The molecule has 2 rings (SSSR count). The molecule has 0 fully saturated rings. The van der Waals surface area contributed by atoms with Gasteiger partial charge in [-0.25, -0.2) is 0 Å². The summed E-state index contributed by atoms with van der Waals surface area (Å²) in [4.78, 5) is 0. The van der Waals surface area contributed by atoms with Gasteiger partial charge in [-0.2, -0.15) is 10.4 Å². The van der Waals surface area contributed by atoms with Crippen LogP contribution in [0.25, 0.3) is 0 Å². The summed E-state index contributed by atoms with van der Waals surface area (Å²) in [6.07, 6.45) is 0. The number of nitrogens with one attached hydrogen (secondary N) is 1. The van der Waals surface area contributed by atoms with E-state index in [0.717, 1.165) is 0 Å². The standard InChI is InChI=1S/C14H16N4O2/c1-9-11(8-15)14(18(2)17-9)16-12-7-10(19-3)5-6-13(12)20-4/h5-7,16H,1-4H3. The van der Waals surface area contributed by atoms with Crippen LogP contribution in [0.15, 0.2) is 18.2 Å². The Labute approximate surface area is 117 Å². The zero-order valence-corrected chi connectivity index (χ0v) is 11.9. The fraction of sp³-hybridized carbons (Fsp3) is 0.286. The van der Waals surface area contributed by atoms with Crippen LogP contribution in [-0.4, -0.2) is 24.0 Å². The highest BCUT2D eigenvalue weighted by Crippen LogP contribution is 2.32. The number of ether oxygens (including phenoxy) is 2. The number of benzene rings is 1. The molecule has 1 heterocycles. The van der Waals surface area contributed by atoms with E-state index in [-0.39, 0.29) is 0 Å². The van der Waals surface area contributed by atoms with E-state index in [2.05, 4.69) is 16.5 Å². The van der Waals surface area contributed by atoms with Gasteiger partial charge in [-0.05, 0) is 19.1 Å². The lowest BCUT2D eigenvalue weighted by Gasteiger charge is -2.13. The van der Waals surface area contributed by atoms with Crippen LogP contribution in [0, 0.1) is 18.3 Å². The Bertz CT molecular complexity index is 671. The van der Waals surface area contributed by atoms with E-state index in [4.69, 9.17) is 9.47 Å². The van der Waals surface area contributed by atoms with Crippen molar-refractivity contribution in [2.75, 3.05) is 19.5 Å². The summed E-state index contributed by atoms with van der Waals surface area (Å²) in [6.45, 7) is 1.80. The molecule has 1 aromatic carbocycles. The van der Waals surface area contributed by atoms with Crippen LogP contribution in [0.5, 0.6) is 11.5 Å². The van der Waals surface area contributed by atoms with Crippen molar-refractivity contribution >= 4 is 11.5 Å². The average molecular weight is 272 g/mol. The summed E-state index contributed by atoms with van der Waals surface area (Å²) >= 11 is 0. The Morgan fingerprint density at radius 3 is 2.65 bits per heavy atom. The fourth-order valence-corrected chi connectivity index (χ4v) is 1.97. The van der Waals surface area contributed by atoms with Crippen molar-refractivity contribution in [1.82, 2.24) is 9.78 Å². The number of hydrogen-bond acceptors (Lipinski definition) is 5. The van der Waals surface area contributed by atoms with Gasteiger partial charge < -0.3 is 14.8 Å². The fourth-order valence-electron chi connectivity index (χ4n) is 1.97. The molecule has 0 amide bonds. The van der Waals surface area contributed by atoms with Gasteiger partial charge in [-0.3, -0.25) is 4.68 Å². The minimum Gasteiger partial charge on any atom is -0.497 e. The molecular formula is C14H16N4O2. The molecule has 0 aliphatic carbocycles. The number of nitrogens with zero attached hydrogens (tertiary/aromatic N) is 3. The molecule has 0 aliphatic heterocycles. The van der Waals surface area contributed by atoms with Crippen molar-refractivity contribution in [3.63, 3.8) is 0 Å². The van der Waals surface area contributed by atoms with Crippen LogP contribution >= 0.6 is 0 Å². The Balaban J connectivity index is 2.47. The van der Waals surface area contributed by atoms with E-state index >= 15 is 0 Å². The number of nitriles is 1. The molecule has 104 valence electrons. The third-order valence-electron chi connectivity index (χ3n) is 2.99. The van der Waals surface area contributed by atoms with Gasteiger partial charge >= 0.3 is 0 Å². The average Bonchev–Trinajstić information content (AvgIpc) is 2.72. The Kier molecular flexibility index (Phi) is 3.80. The minimum atomic E-state index is 0.511. The predicted octanol–water partition coefficient (Wildman–Crippen LogP) is 2.36. The van der Waals surface area contributed by atoms with Crippen molar-refractivity contribution < 1.29 is 9.47 Å². The first-order valence-corrected chi connectivity index (χ1v) is 6.03. The Morgan fingerprint density at radius 1 is 1.30 bits per heavy atom. The Morgan fingerprint density at radius 2 is 2.05 bits per heavy atom. The summed E-state index contributed by atoms with van der Waals surface area (Å²) in [5.74, 6) is 1.98. The van der Waals surface area contributed by atoms with Crippen molar-refractivity contribution in [2.24, 2.45) is 7.05 Å². The number of hydrogen-bond donors (Lipinski definition) is 1. The second-order valence-corrected chi connectivity index (χ2v) is 4.24. The van der Waals surface area contributed by atoms with Gasteiger partial charge in [0.25, 0.3) is 0 Å². The van der Waals surface area contributed by atoms with Gasteiger partial charge in [0.2, 0.25) is 0 Å². The summed E-state index contributed by atoms with van der Waals surface area (Å²) in [5.41, 5.74) is 1.91. The second kappa shape index (κ2) is 5.53. The molecule has 20 heavy (non-hydrogen) atoms. The van der Waals surface area contributed by atoms with Gasteiger partial charge in [0.15, 0.2) is 0 Å². The number of anilines is 2. The monoisotopic (exact) mass is 272 g/mol. The quantitative estimate of drug-likeness (QED) is 0.925. The summed E-state index contributed by atoms with van der Waals surface area (Å²) in [6, 6.07) is 7.57. The maximum absolute atomic E-state index is 9.22. The SMILES string of the molecule is COc1ccc(OC)c(Nc2c(C#N)c(C)nn2C)c1. The van der Waals surface area contributed by atoms with E-state index < -0.39 is 0 Å². The summed E-state index contributed by atoms with van der Waals surface area (Å²) < 4.78 is 12.1. The van der Waals surface area contributed by atoms with E-state index in [1.165, 1.54) is 0 Å². The van der Waals surface area contributed by atoms with E-state index in [9.17, 15) is 5.26 Å². The molecule has 0 saturated heterocycles. The third-order valence-corrected chi connectivity index (χ3v) is 2.99. The molecule has 0 unspecified atom stereocenters. The molecule has 0 saturated carbocycles. The van der Waals surface area contributed by atoms with Crippen LogP contribution in [0.2, 0.25) is 0 Å². The second-order valence-electron chi connectivity index (χ2n) is 4.24. The highest BCUT2D eigenvalue weighted by atomic mass is 16.5. The van der Waals surface area contributed by atoms with E-state index in [0.29, 0.717) is 34.3 Å². The van der Waals surface area contributed by atoms with Crippen molar-refractivity contribution in [3.8, 4) is 17.6 Å². The highest BCUT2D eigenvalue weighted by Gasteiger charge is 2.15. The van der Waals surface area contributed by atoms with Gasteiger partial charge in [0.1, 0.15) is 28.9 Å². The molecule has 0 radical (unpaired) electrons. The van der Waals surface area contributed by atoms with Gasteiger partial charge in [0, 0.05) is 13.1 Å². The van der Waals surface area contributed by atoms with E-state index in [1.54, 1.807) is 38.9 Å². The zero-order chi connectivity index (χ0) is 14.7. The highest BCUT2D eigenvalue weighted by molar-refractivity contribution is 5.70. The molecule has 0 aliphatic rings. The number of methoxy groups -OCH3 is 2. The molecule has 0 spiro atoms. The van der Waals surface area contributed by atoms with E-state index in [1.807, 2.05) is 12.1 Å². The molecule has 1 aromatic heterocycles. The Hall–Kier alpha value is -2.68. The minimum absolute atomic E-state index is 0.511. The van der Waals surface area contributed by atoms with Crippen LogP contribution in [0.4, 0.5) is 11.5 Å². The molecule has 6 nitrogen and oxygen atoms in total. The van der Waals surface area contributed by atoms with Gasteiger partial charge in [-0.15, -0.1) is 0 Å². The molecule has 0 bridgehead atoms. The van der Waals surface area contributed by atoms with Gasteiger partial charge in [0.05, 0.1) is 25.6 Å². The predicted molar refractivity (Wildman–Crippen MR) is 75.5 cm³/mol. The smallest absolute Gasteiger partial charge is 0.146 e. The molecule has 2 aromatic rings. The molecule has 0 atom stereocenters. The summed E-state index contributed by atoms with van der Waals surface area (Å²) in [7, 11) is 4.97. The largest absolute Gasteiger partial charge is 0.497 e.